The van der Waals surface area contributed by atoms with Crippen LogP contribution in [0, 0.1) is 5.92 Å². The lowest BCUT2D eigenvalue weighted by atomic mass is 9.89. The molecule has 2 aromatic heterocycles. The van der Waals surface area contributed by atoms with Gasteiger partial charge in [0.05, 0.1) is 6.54 Å². The molecule has 5 rings (SSSR count). The molecule has 0 unspecified atom stereocenters. The van der Waals surface area contributed by atoms with E-state index < -0.39 is 0 Å². The number of hydrogen-bond acceptors (Lipinski definition) is 6. The summed E-state index contributed by atoms with van der Waals surface area (Å²) in [7, 11) is 0. The summed E-state index contributed by atoms with van der Waals surface area (Å²) in [4.78, 5) is 26.7. The Morgan fingerprint density at radius 1 is 0.974 bits per heavy atom. The number of aryl methyl sites for hydroxylation is 1. The number of rotatable bonds is 10. The van der Waals surface area contributed by atoms with Crippen molar-refractivity contribution in [1.29, 1.82) is 0 Å². The van der Waals surface area contributed by atoms with Crippen molar-refractivity contribution in [3.63, 3.8) is 0 Å². The first-order chi connectivity index (χ1) is 18.7. The Labute approximate surface area is 222 Å². The molecule has 2 heterocycles. The van der Waals surface area contributed by atoms with Gasteiger partial charge in [0.1, 0.15) is 5.82 Å². The second-order valence-corrected chi connectivity index (χ2v) is 10.2. The van der Waals surface area contributed by atoms with Gasteiger partial charge in [-0.3, -0.25) is 9.36 Å². The van der Waals surface area contributed by atoms with Gasteiger partial charge in [-0.2, -0.15) is 5.21 Å². The molecule has 1 fully saturated rings. The van der Waals surface area contributed by atoms with Crippen LogP contribution in [-0.2, 0) is 13.0 Å². The predicted octanol–water partition coefficient (Wildman–Crippen LogP) is 5.28. The van der Waals surface area contributed by atoms with Crippen molar-refractivity contribution in [3.8, 4) is 22.5 Å². The van der Waals surface area contributed by atoms with E-state index in [9.17, 15) is 9.59 Å². The number of H-pyrrole nitrogens is 1. The number of tetrazole rings is 1. The third kappa shape index (κ3) is 5.66. The minimum Gasteiger partial charge on any atom is -0.274 e. The molecule has 0 radical (unpaired) electrons. The Bertz CT molecular complexity index is 1400. The number of aromatic nitrogens is 7. The van der Waals surface area contributed by atoms with E-state index in [0.717, 1.165) is 84.7 Å². The van der Waals surface area contributed by atoms with Crippen molar-refractivity contribution >= 4 is 5.91 Å². The molecule has 0 aliphatic heterocycles. The van der Waals surface area contributed by atoms with E-state index in [1.54, 1.807) is 4.57 Å². The second-order valence-electron chi connectivity index (χ2n) is 10.2. The number of carbonyl (C=O) groups is 1. The third-order valence-corrected chi connectivity index (χ3v) is 7.48. The Balaban J connectivity index is 1.40. The van der Waals surface area contributed by atoms with Gasteiger partial charge in [-0.05, 0) is 41.2 Å². The summed E-state index contributed by atoms with van der Waals surface area (Å²) < 4.78 is 2.84. The first kappa shape index (κ1) is 25.8. The van der Waals surface area contributed by atoms with Crippen LogP contribution in [0.4, 0.5) is 0 Å². The zero-order chi connectivity index (χ0) is 26.3. The molecule has 0 amide bonds. The van der Waals surface area contributed by atoms with E-state index in [-0.39, 0.29) is 17.5 Å². The van der Waals surface area contributed by atoms with Gasteiger partial charge in [-0.25, -0.2) is 4.79 Å². The fourth-order valence-corrected chi connectivity index (χ4v) is 5.33. The fraction of sp³-hybridized carbons (Fsp3) is 0.448. The molecule has 9 heteroatoms. The zero-order valence-electron chi connectivity index (χ0n) is 22.0. The molecule has 1 aliphatic rings. The van der Waals surface area contributed by atoms with E-state index in [1.807, 2.05) is 48.5 Å². The van der Waals surface area contributed by atoms with Crippen molar-refractivity contribution < 1.29 is 4.79 Å². The third-order valence-electron chi connectivity index (χ3n) is 7.48. The number of aromatic amines is 1. The molecule has 1 aliphatic carbocycles. The normalized spacial score (nSPS) is 14.1. The first-order valence-corrected chi connectivity index (χ1v) is 13.8. The van der Waals surface area contributed by atoms with E-state index in [4.69, 9.17) is 0 Å². The van der Waals surface area contributed by atoms with E-state index in [0.29, 0.717) is 24.6 Å². The van der Waals surface area contributed by atoms with Gasteiger partial charge in [0, 0.05) is 17.9 Å². The monoisotopic (exact) mass is 513 g/mol. The molecular weight excluding hydrogens is 478 g/mol. The van der Waals surface area contributed by atoms with Gasteiger partial charge in [-0.15, -0.1) is 20.0 Å². The summed E-state index contributed by atoms with van der Waals surface area (Å²) in [6, 6.07) is 16.1. The highest BCUT2D eigenvalue weighted by Gasteiger charge is 2.27. The van der Waals surface area contributed by atoms with Crippen LogP contribution >= 0.6 is 0 Å². The highest BCUT2D eigenvalue weighted by molar-refractivity contribution is 5.81. The summed E-state index contributed by atoms with van der Waals surface area (Å²) in [6.07, 6.45) is 9.95. The Hall–Kier alpha value is -3.88. The van der Waals surface area contributed by atoms with Crippen molar-refractivity contribution in [2.24, 2.45) is 5.92 Å². The van der Waals surface area contributed by atoms with Crippen LogP contribution in [0.3, 0.4) is 0 Å². The van der Waals surface area contributed by atoms with Gasteiger partial charge in [0.25, 0.3) is 5.91 Å². The summed E-state index contributed by atoms with van der Waals surface area (Å²) in [6.45, 7) is 2.56. The lowest BCUT2D eigenvalue weighted by Crippen LogP contribution is -2.35. The highest BCUT2D eigenvalue weighted by atomic mass is 16.2. The molecule has 198 valence electrons. The van der Waals surface area contributed by atoms with Crippen LogP contribution in [0.2, 0.25) is 0 Å². The van der Waals surface area contributed by atoms with Gasteiger partial charge in [-0.1, -0.05) is 94.0 Å². The number of carbonyl (C=O) groups excluding carboxylic acids is 1. The Morgan fingerprint density at radius 3 is 2.45 bits per heavy atom. The summed E-state index contributed by atoms with van der Waals surface area (Å²) in [5.74, 6) is 0.994. The topological polar surface area (TPSA) is 111 Å². The molecule has 0 bridgehead atoms. The van der Waals surface area contributed by atoms with Gasteiger partial charge in [0.2, 0.25) is 5.82 Å². The lowest BCUT2D eigenvalue weighted by Gasteiger charge is -2.19. The zero-order valence-corrected chi connectivity index (χ0v) is 22.0. The summed E-state index contributed by atoms with van der Waals surface area (Å²) in [5, 5.41) is 19.0. The maximum Gasteiger partial charge on any atom is 0.353 e. The number of nitrogens with one attached hydrogen (secondary N) is 1. The van der Waals surface area contributed by atoms with E-state index >= 15 is 0 Å². The minimum absolute atomic E-state index is 0.101. The van der Waals surface area contributed by atoms with Crippen molar-refractivity contribution in [1.82, 2.24) is 35.0 Å². The van der Waals surface area contributed by atoms with E-state index in [2.05, 4.69) is 32.6 Å². The smallest absolute Gasteiger partial charge is 0.274 e. The van der Waals surface area contributed by atoms with Crippen LogP contribution < -0.4 is 5.69 Å². The summed E-state index contributed by atoms with van der Waals surface area (Å²) in [5.41, 5.74) is 3.57. The predicted molar refractivity (Wildman–Crippen MR) is 146 cm³/mol. The van der Waals surface area contributed by atoms with Crippen molar-refractivity contribution in [3.05, 3.63) is 70.4 Å². The van der Waals surface area contributed by atoms with Crippen molar-refractivity contribution in [2.45, 2.75) is 77.7 Å². The number of benzene rings is 2. The molecule has 4 aromatic rings. The number of hydrogen-bond donors (Lipinski definition) is 1. The lowest BCUT2D eigenvalue weighted by molar-refractivity contribution is 0.0778. The molecule has 1 N–H and O–H groups in total. The SMILES string of the molecule is CCCCCCc1nn(C(=O)C2CCCCC2)c(=O)n1Cc1ccc(-c2ccccc2-c2nn[nH]n2)cc1. The number of nitrogens with zero attached hydrogens (tertiary/aromatic N) is 6. The molecule has 38 heavy (non-hydrogen) atoms. The van der Waals surface area contributed by atoms with Crippen LogP contribution in [0.1, 0.15) is 80.9 Å². The molecule has 9 nitrogen and oxygen atoms in total. The second kappa shape index (κ2) is 12.1. The highest BCUT2D eigenvalue weighted by Crippen LogP contribution is 2.30. The first-order valence-electron chi connectivity index (χ1n) is 13.8. The van der Waals surface area contributed by atoms with Crippen LogP contribution in [0.15, 0.2) is 53.3 Å². The summed E-state index contributed by atoms with van der Waals surface area (Å²) >= 11 is 0. The molecule has 0 saturated heterocycles. The van der Waals surface area contributed by atoms with Gasteiger partial charge in [0.15, 0.2) is 0 Å². The average molecular weight is 514 g/mol. The maximum atomic E-state index is 13.5. The standard InChI is InChI=1S/C29H35N7O2/c1-2-3-4-8-15-26-32-36(28(37)23-11-6-5-7-12-23)29(38)35(26)20-21-16-18-22(19-17-21)24-13-9-10-14-25(24)27-30-33-34-31-27/h9-10,13-14,16-19,23H,2-8,11-12,15,20H2,1H3,(H,30,31,33,34). The Kier molecular flexibility index (Phi) is 8.21. The van der Waals surface area contributed by atoms with Crippen LogP contribution in [-0.4, -0.2) is 40.9 Å². The van der Waals surface area contributed by atoms with Crippen LogP contribution in [0.25, 0.3) is 22.5 Å². The van der Waals surface area contributed by atoms with Gasteiger partial charge < -0.3 is 0 Å². The minimum atomic E-state index is -0.322. The molecule has 2 aromatic carbocycles. The largest absolute Gasteiger partial charge is 0.353 e. The Morgan fingerprint density at radius 2 is 1.74 bits per heavy atom. The molecule has 0 atom stereocenters. The molecule has 1 saturated carbocycles. The fourth-order valence-electron chi connectivity index (χ4n) is 5.33. The van der Waals surface area contributed by atoms with E-state index in [1.165, 1.54) is 0 Å². The number of unbranched alkanes of at least 4 members (excludes halogenated alkanes) is 3. The van der Waals surface area contributed by atoms with Crippen LogP contribution in [0.5, 0.6) is 0 Å². The molecular formula is C29H35N7O2. The average Bonchev–Trinajstić information content (AvgIpc) is 3.61. The molecule has 0 spiro atoms. The van der Waals surface area contributed by atoms with Gasteiger partial charge >= 0.3 is 5.69 Å². The maximum absolute atomic E-state index is 13.5. The quantitative estimate of drug-likeness (QED) is 0.289. The van der Waals surface area contributed by atoms with Crippen molar-refractivity contribution in [2.75, 3.05) is 0 Å².